The van der Waals surface area contributed by atoms with Gasteiger partial charge >= 0.3 is 11.9 Å². The topological polar surface area (TPSA) is 135 Å². The number of nitrogens with zero attached hydrogens (tertiary/aromatic N) is 2. The van der Waals surface area contributed by atoms with Gasteiger partial charge in [0.1, 0.15) is 22.8 Å². The molecule has 5 heterocycles. The number of aliphatic hydroxyl groups is 1. The van der Waals surface area contributed by atoms with Crippen LogP contribution < -0.4 is 5.32 Å². The maximum Gasteiger partial charge on any atom is 0.340 e. The van der Waals surface area contributed by atoms with E-state index in [1.54, 1.807) is 6.20 Å². The van der Waals surface area contributed by atoms with Gasteiger partial charge in [0.2, 0.25) is 0 Å². The third-order valence-electron chi connectivity index (χ3n) is 11.5. The predicted molar refractivity (Wildman–Crippen MR) is 185 cm³/mol. The van der Waals surface area contributed by atoms with Crippen LogP contribution in [0.2, 0.25) is 0 Å². The number of anilines is 1. The van der Waals surface area contributed by atoms with Crippen molar-refractivity contribution < 1.29 is 33.8 Å². The van der Waals surface area contributed by atoms with E-state index in [1.165, 1.54) is 38.6 Å². The fraction of sp³-hybridized carbons (Fsp3) is 0.486. The highest BCUT2D eigenvalue weighted by Gasteiger charge is 2.69. The Bertz CT molecular complexity index is 1800. The third kappa shape index (κ3) is 5.16. The fourth-order valence-electron chi connectivity index (χ4n) is 9.33. The molecule has 0 radical (unpaired) electrons. The number of ether oxygens (including phenoxy) is 2. The number of fused-ring (bicyclic) bond motifs is 3. The molecule has 4 aliphatic carbocycles. The van der Waals surface area contributed by atoms with Crippen LogP contribution in [0.4, 0.5) is 5.82 Å². The lowest BCUT2D eigenvalue weighted by Crippen LogP contribution is -2.53. The zero-order valence-electron chi connectivity index (χ0n) is 27.5. The molecule has 1 aromatic heterocycles. The third-order valence-corrected chi connectivity index (χ3v) is 13.9. The number of nitrogens with one attached hydrogen (secondary N) is 1. The van der Waals surface area contributed by atoms with E-state index in [4.69, 9.17) is 9.47 Å². The number of esters is 2. The smallest absolute Gasteiger partial charge is 0.340 e. The first-order chi connectivity index (χ1) is 23.7. The van der Waals surface area contributed by atoms with Crippen LogP contribution >= 0.6 is 21.6 Å². The summed E-state index contributed by atoms with van der Waals surface area (Å²) in [5.41, 5.74) is 2.31. The number of amides is 2. The number of rotatable bonds is 4. The maximum atomic E-state index is 14.4. The Hall–Kier alpha value is -3.61. The quantitative estimate of drug-likeness (QED) is 0.220. The summed E-state index contributed by atoms with van der Waals surface area (Å²) in [5.74, 6) is -0.273. The first-order valence-corrected chi connectivity index (χ1v) is 19.6. The highest BCUT2D eigenvalue weighted by Crippen LogP contribution is 2.71. The standard InChI is InChI=1S/C37H39N3O7S2/c1-3-4-5-25-23-8-7-22-21-12-14-37(32(22)31(23)34(43)46-25)26-9-6-19(2)36(45)49-48-18-39-27-16-20(13-15-38-27)24(30(21)33(37)35(44)47-26)17-40-28(41)10-11-29(40)42/h5,9-11,13,15-16,19,21-22,24,32,36,45H,3-4,6-8,12,14,17-18H2,1-2H3,(H,38,39)/t19-,21-,22+,24+,32+,36-,37-/m1/s1. The average Bonchev–Trinajstić information content (AvgIpc) is 3.72. The number of pyridine rings is 1. The molecule has 12 heteroatoms. The lowest BCUT2D eigenvalue weighted by atomic mass is 9.43. The molecule has 256 valence electrons. The van der Waals surface area contributed by atoms with Crippen molar-refractivity contribution in [3.63, 3.8) is 0 Å². The van der Waals surface area contributed by atoms with Crippen LogP contribution in [0.3, 0.4) is 0 Å². The molecule has 7 bridgehead atoms. The van der Waals surface area contributed by atoms with Gasteiger partial charge in [0.25, 0.3) is 11.8 Å². The summed E-state index contributed by atoms with van der Waals surface area (Å²) in [7, 11) is 2.85. The van der Waals surface area contributed by atoms with Gasteiger partial charge in [0.15, 0.2) is 0 Å². The molecule has 0 unspecified atom stereocenters. The van der Waals surface area contributed by atoms with Crippen molar-refractivity contribution in [2.75, 3.05) is 17.7 Å². The lowest BCUT2D eigenvalue weighted by molar-refractivity contribution is -0.137. The number of hydrogen-bond donors (Lipinski definition) is 2. The van der Waals surface area contributed by atoms with Crippen molar-refractivity contribution in [3.05, 3.63) is 82.0 Å². The molecule has 1 saturated carbocycles. The molecule has 9 rings (SSSR count). The summed E-state index contributed by atoms with van der Waals surface area (Å²) in [6.45, 7) is 4.13. The Kier molecular flexibility index (Phi) is 8.39. The van der Waals surface area contributed by atoms with Crippen LogP contribution in [-0.2, 0) is 28.7 Å². The minimum Gasteiger partial charge on any atom is -0.427 e. The second-order valence-corrected chi connectivity index (χ2v) is 16.5. The molecule has 1 spiro atoms. The molecule has 1 aromatic rings. The second-order valence-electron chi connectivity index (χ2n) is 14.0. The first-order valence-electron chi connectivity index (χ1n) is 17.3. The zero-order valence-corrected chi connectivity index (χ0v) is 29.1. The van der Waals surface area contributed by atoms with Crippen molar-refractivity contribution in [1.82, 2.24) is 9.88 Å². The van der Waals surface area contributed by atoms with Gasteiger partial charge in [-0.1, -0.05) is 41.9 Å². The van der Waals surface area contributed by atoms with Gasteiger partial charge in [-0.25, -0.2) is 14.6 Å². The normalized spacial score (nSPS) is 34.6. The summed E-state index contributed by atoms with van der Waals surface area (Å²) >= 11 is 0. The molecular formula is C37H39N3O7S2. The Balaban J connectivity index is 1.37. The highest BCUT2D eigenvalue weighted by atomic mass is 33.1. The van der Waals surface area contributed by atoms with Crippen LogP contribution in [0.25, 0.3) is 0 Å². The Labute approximate surface area is 292 Å². The van der Waals surface area contributed by atoms with Crippen molar-refractivity contribution in [2.24, 2.45) is 29.1 Å². The number of unbranched alkanes of at least 4 members (excludes halogenated alkanes) is 1. The number of imide groups is 1. The van der Waals surface area contributed by atoms with Crippen LogP contribution in [0.1, 0.15) is 70.3 Å². The van der Waals surface area contributed by atoms with Crippen molar-refractivity contribution in [3.8, 4) is 0 Å². The molecule has 2 fully saturated rings. The van der Waals surface area contributed by atoms with E-state index in [0.717, 1.165) is 42.4 Å². The molecule has 10 nitrogen and oxygen atoms in total. The van der Waals surface area contributed by atoms with Crippen molar-refractivity contribution in [2.45, 2.75) is 70.1 Å². The first kappa shape index (κ1) is 32.6. The molecule has 7 atom stereocenters. The summed E-state index contributed by atoms with van der Waals surface area (Å²) in [6.07, 6.45) is 13.3. The zero-order chi connectivity index (χ0) is 34.0. The molecule has 0 aromatic carbocycles. The van der Waals surface area contributed by atoms with Crippen LogP contribution in [0, 0.1) is 29.1 Å². The van der Waals surface area contributed by atoms with Gasteiger partial charge in [-0.2, -0.15) is 0 Å². The predicted octanol–water partition coefficient (Wildman–Crippen LogP) is 5.91. The summed E-state index contributed by atoms with van der Waals surface area (Å²) < 4.78 is 12.3. The molecular weight excluding hydrogens is 663 g/mol. The minimum absolute atomic E-state index is 0.0149. The van der Waals surface area contributed by atoms with Crippen LogP contribution in [0.15, 0.2) is 76.4 Å². The van der Waals surface area contributed by atoms with Gasteiger partial charge in [-0.3, -0.25) is 14.5 Å². The minimum atomic E-state index is -0.917. The molecule has 4 aliphatic heterocycles. The van der Waals surface area contributed by atoms with Crippen LogP contribution in [0.5, 0.6) is 0 Å². The second kappa shape index (κ2) is 12.6. The van der Waals surface area contributed by atoms with E-state index in [1.807, 2.05) is 31.2 Å². The lowest BCUT2D eigenvalue weighted by Gasteiger charge is -2.57. The molecule has 2 amide bonds. The Morgan fingerprint density at radius 2 is 1.96 bits per heavy atom. The van der Waals surface area contributed by atoms with Crippen molar-refractivity contribution in [1.29, 1.82) is 0 Å². The highest BCUT2D eigenvalue weighted by molar-refractivity contribution is 8.76. The number of hydrogen-bond acceptors (Lipinski definition) is 11. The number of cyclic esters (lactones) is 1. The van der Waals surface area contributed by atoms with E-state index < -0.39 is 22.7 Å². The summed E-state index contributed by atoms with van der Waals surface area (Å²) in [6, 6.07) is 3.82. The van der Waals surface area contributed by atoms with E-state index in [2.05, 4.69) is 17.2 Å². The molecule has 8 aliphatic rings. The van der Waals surface area contributed by atoms with E-state index >= 15 is 0 Å². The number of aliphatic hydroxyl groups excluding tert-OH is 1. The van der Waals surface area contributed by atoms with Gasteiger partial charge in [-0.05, 0) is 91.7 Å². The fourth-order valence-corrected chi connectivity index (χ4v) is 11.4. The SMILES string of the molecule is CCCC=C1OC(=O)C2=C1CC[C@@H]1[C@@H]2[C@]23CC[C@H]1C1=C2C(=O)OC3=CC[C@@H](C)[C@H](O)SSCNc2cc(ccn2)[C@@H]1CN1C(=O)C=CC1=O. The number of aromatic nitrogens is 1. The summed E-state index contributed by atoms with van der Waals surface area (Å²) in [4.78, 5) is 60.1. The Morgan fingerprint density at radius 1 is 1.14 bits per heavy atom. The van der Waals surface area contributed by atoms with E-state index in [9.17, 15) is 24.3 Å². The van der Waals surface area contributed by atoms with E-state index in [-0.39, 0.29) is 48.0 Å². The largest absolute Gasteiger partial charge is 0.427 e. The monoisotopic (exact) mass is 701 g/mol. The van der Waals surface area contributed by atoms with E-state index in [0.29, 0.717) is 53.6 Å². The Morgan fingerprint density at radius 3 is 2.76 bits per heavy atom. The van der Waals surface area contributed by atoms with Gasteiger partial charge < -0.3 is 19.9 Å². The number of carbonyl (C=O) groups excluding carboxylic acids is 4. The van der Waals surface area contributed by atoms with Gasteiger partial charge in [0.05, 0.1) is 16.9 Å². The molecule has 1 saturated heterocycles. The van der Waals surface area contributed by atoms with Crippen LogP contribution in [-0.4, -0.2) is 56.6 Å². The summed E-state index contributed by atoms with van der Waals surface area (Å²) in [5, 5.41) is 14.4. The van der Waals surface area contributed by atoms with Gasteiger partial charge in [-0.15, -0.1) is 0 Å². The molecule has 2 N–H and O–H groups in total. The van der Waals surface area contributed by atoms with Gasteiger partial charge in [0, 0.05) is 47.9 Å². The molecule has 49 heavy (non-hydrogen) atoms. The number of carbonyl (C=O) groups is 4. The average molecular weight is 702 g/mol. The maximum absolute atomic E-state index is 14.4. The number of allylic oxidation sites excluding steroid dienone is 4. The van der Waals surface area contributed by atoms with Crippen molar-refractivity contribution >= 4 is 51.2 Å².